The highest BCUT2D eigenvalue weighted by Crippen LogP contribution is 2.17. The average Bonchev–Trinajstić information content (AvgIpc) is 2.55. The second-order valence-electron chi connectivity index (χ2n) is 3.63. The molecule has 1 N–H and O–H groups in total. The van der Waals surface area contributed by atoms with Crippen LogP contribution in [0.2, 0.25) is 0 Å². The molecular formula is C10H17NO4. The van der Waals surface area contributed by atoms with Crippen molar-refractivity contribution < 1.29 is 19.4 Å². The summed E-state index contributed by atoms with van der Waals surface area (Å²) in [6.45, 7) is 4.16. The topological polar surface area (TPSA) is 66.8 Å². The maximum Gasteiger partial charge on any atom is 0.308 e. The molecule has 0 bridgehead atoms. The molecule has 15 heavy (non-hydrogen) atoms. The monoisotopic (exact) mass is 215 g/mol. The molecule has 1 aliphatic rings. The van der Waals surface area contributed by atoms with E-state index in [2.05, 4.69) is 0 Å². The number of carboxylic acids is 1. The summed E-state index contributed by atoms with van der Waals surface area (Å²) in [5.74, 6) is -1.46. The molecule has 0 aromatic heterocycles. The summed E-state index contributed by atoms with van der Waals surface area (Å²) in [6, 6.07) is 0. The smallest absolute Gasteiger partial charge is 0.308 e. The Balaban J connectivity index is 2.25. The van der Waals surface area contributed by atoms with Crippen molar-refractivity contribution in [1.29, 1.82) is 0 Å². The second-order valence-corrected chi connectivity index (χ2v) is 3.63. The molecule has 0 spiro atoms. The first-order valence-electron chi connectivity index (χ1n) is 5.23. The van der Waals surface area contributed by atoms with Gasteiger partial charge in [-0.25, -0.2) is 0 Å². The Morgan fingerprint density at radius 1 is 1.67 bits per heavy atom. The SMILES string of the molecule is CCOCCCN1C[C@H](C(=O)O)CC1=O. The molecule has 1 fully saturated rings. The quantitative estimate of drug-likeness (QED) is 0.649. The minimum absolute atomic E-state index is 0.0566. The van der Waals surface area contributed by atoms with Crippen molar-refractivity contribution in [2.24, 2.45) is 5.92 Å². The van der Waals surface area contributed by atoms with Crippen molar-refractivity contribution in [2.45, 2.75) is 19.8 Å². The van der Waals surface area contributed by atoms with Gasteiger partial charge in [0.05, 0.1) is 5.92 Å². The van der Waals surface area contributed by atoms with Crippen LogP contribution in [0.15, 0.2) is 0 Å². The third kappa shape index (κ3) is 3.51. The van der Waals surface area contributed by atoms with Gasteiger partial charge in [0.2, 0.25) is 5.91 Å². The molecular weight excluding hydrogens is 198 g/mol. The van der Waals surface area contributed by atoms with Gasteiger partial charge in [-0.1, -0.05) is 0 Å². The third-order valence-electron chi connectivity index (χ3n) is 2.48. The van der Waals surface area contributed by atoms with E-state index in [0.29, 0.717) is 26.3 Å². The molecule has 0 aliphatic carbocycles. The first kappa shape index (κ1) is 12.0. The third-order valence-corrected chi connectivity index (χ3v) is 2.48. The van der Waals surface area contributed by atoms with Gasteiger partial charge >= 0.3 is 5.97 Å². The predicted octanol–water partition coefficient (Wildman–Crippen LogP) is 0.346. The van der Waals surface area contributed by atoms with Crippen molar-refractivity contribution in [2.75, 3.05) is 26.3 Å². The highest BCUT2D eigenvalue weighted by Gasteiger charge is 2.33. The largest absolute Gasteiger partial charge is 0.481 e. The molecule has 0 aromatic carbocycles. The first-order chi connectivity index (χ1) is 7.15. The second kappa shape index (κ2) is 5.70. The van der Waals surface area contributed by atoms with Crippen molar-refractivity contribution in [3.63, 3.8) is 0 Å². The Morgan fingerprint density at radius 3 is 2.93 bits per heavy atom. The fraction of sp³-hybridized carbons (Fsp3) is 0.800. The van der Waals surface area contributed by atoms with Crippen LogP contribution in [-0.2, 0) is 14.3 Å². The van der Waals surface area contributed by atoms with E-state index in [0.717, 1.165) is 6.42 Å². The summed E-state index contributed by atoms with van der Waals surface area (Å²) in [6.07, 6.45) is 0.913. The molecule has 1 atom stereocenters. The maximum absolute atomic E-state index is 11.4. The fourth-order valence-corrected chi connectivity index (χ4v) is 1.66. The normalized spacial score (nSPS) is 21.0. The molecule has 0 saturated carbocycles. The molecule has 1 saturated heterocycles. The molecule has 0 radical (unpaired) electrons. The lowest BCUT2D eigenvalue weighted by atomic mass is 10.1. The number of ether oxygens (including phenoxy) is 1. The number of hydrogen-bond donors (Lipinski definition) is 1. The number of likely N-dealkylation sites (tertiary alicyclic amines) is 1. The fourth-order valence-electron chi connectivity index (χ4n) is 1.66. The standard InChI is InChI=1S/C10H17NO4/c1-2-15-5-3-4-11-7-8(10(13)14)6-9(11)12/h8H,2-7H2,1H3,(H,13,14)/t8-/m1/s1. The molecule has 1 heterocycles. The Kier molecular flexibility index (Phi) is 4.55. The van der Waals surface area contributed by atoms with Crippen LogP contribution in [0, 0.1) is 5.92 Å². The van der Waals surface area contributed by atoms with Crippen LogP contribution in [0.25, 0.3) is 0 Å². The molecule has 0 unspecified atom stereocenters. The van der Waals surface area contributed by atoms with E-state index in [1.165, 1.54) is 0 Å². The highest BCUT2D eigenvalue weighted by atomic mass is 16.5. The van der Waals surface area contributed by atoms with Gasteiger partial charge in [0.15, 0.2) is 0 Å². The maximum atomic E-state index is 11.4. The van der Waals surface area contributed by atoms with Crippen LogP contribution < -0.4 is 0 Å². The Morgan fingerprint density at radius 2 is 2.40 bits per heavy atom. The first-order valence-corrected chi connectivity index (χ1v) is 5.23. The molecule has 5 nitrogen and oxygen atoms in total. The van der Waals surface area contributed by atoms with Crippen molar-refractivity contribution >= 4 is 11.9 Å². The predicted molar refractivity (Wildman–Crippen MR) is 53.4 cm³/mol. The lowest BCUT2D eigenvalue weighted by molar-refractivity contribution is -0.141. The van der Waals surface area contributed by atoms with E-state index in [9.17, 15) is 9.59 Å². The number of amides is 1. The average molecular weight is 215 g/mol. The number of carbonyl (C=O) groups is 2. The van der Waals surface area contributed by atoms with Crippen LogP contribution in [0.4, 0.5) is 0 Å². The van der Waals surface area contributed by atoms with Crippen molar-refractivity contribution in [3.05, 3.63) is 0 Å². The number of carboxylic acid groups (broad SMARTS) is 1. The summed E-state index contributed by atoms with van der Waals surface area (Å²) in [5, 5.41) is 8.75. The van der Waals surface area contributed by atoms with Crippen LogP contribution in [-0.4, -0.2) is 48.2 Å². The van der Waals surface area contributed by atoms with E-state index in [4.69, 9.17) is 9.84 Å². The summed E-state index contributed by atoms with van der Waals surface area (Å²) < 4.78 is 5.15. The summed E-state index contributed by atoms with van der Waals surface area (Å²) >= 11 is 0. The van der Waals surface area contributed by atoms with Gasteiger partial charge in [-0.05, 0) is 13.3 Å². The van der Waals surface area contributed by atoms with Gasteiger partial charge in [0.1, 0.15) is 0 Å². The molecule has 1 amide bonds. The molecule has 1 rings (SSSR count). The summed E-state index contributed by atoms with van der Waals surface area (Å²) in [5.41, 5.74) is 0. The van der Waals surface area contributed by atoms with Crippen molar-refractivity contribution in [1.82, 2.24) is 4.90 Å². The van der Waals surface area contributed by atoms with E-state index in [-0.39, 0.29) is 12.3 Å². The number of carbonyl (C=O) groups excluding carboxylic acids is 1. The van der Waals surface area contributed by atoms with Gasteiger partial charge in [-0.3, -0.25) is 9.59 Å². The van der Waals surface area contributed by atoms with E-state index < -0.39 is 11.9 Å². The minimum atomic E-state index is -0.879. The van der Waals surface area contributed by atoms with Gasteiger partial charge in [0, 0.05) is 32.7 Å². The molecule has 86 valence electrons. The zero-order valence-corrected chi connectivity index (χ0v) is 8.94. The molecule has 1 aliphatic heterocycles. The number of aliphatic carboxylic acids is 1. The van der Waals surface area contributed by atoms with Crippen molar-refractivity contribution in [3.8, 4) is 0 Å². The molecule has 5 heteroatoms. The highest BCUT2D eigenvalue weighted by molar-refractivity contribution is 5.86. The zero-order valence-electron chi connectivity index (χ0n) is 8.94. The van der Waals surface area contributed by atoms with Gasteiger partial charge < -0.3 is 14.7 Å². The number of hydrogen-bond acceptors (Lipinski definition) is 3. The van der Waals surface area contributed by atoms with Gasteiger partial charge in [-0.15, -0.1) is 0 Å². The summed E-state index contributed by atoms with van der Waals surface area (Å²) in [4.78, 5) is 23.6. The number of nitrogens with zero attached hydrogens (tertiary/aromatic N) is 1. The van der Waals surface area contributed by atoms with Crippen LogP contribution in [0.3, 0.4) is 0 Å². The van der Waals surface area contributed by atoms with Crippen LogP contribution in [0.5, 0.6) is 0 Å². The Bertz CT molecular complexity index is 242. The zero-order chi connectivity index (χ0) is 11.3. The van der Waals surface area contributed by atoms with Crippen LogP contribution >= 0.6 is 0 Å². The molecule has 0 aromatic rings. The van der Waals surface area contributed by atoms with E-state index >= 15 is 0 Å². The number of rotatable bonds is 6. The van der Waals surface area contributed by atoms with E-state index in [1.54, 1.807) is 4.90 Å². The lowest BCUT2D eigenvalue weighted by Crippen LogP contribution is -2.28. The Labute approximate surface area is 89.0 Å². The van der Waals surface area contributed by atoms with E-state index in [1.807, 2.05) is 6.92 Å². The lowest BCUT2D eigenvalue weighted by Gasteiger charge is -2.15. The Hall–Kier alpha value is -1.10. The van der Waals surface area contributed by atoms with Gasteiger partial charge in [0.25, 0.3) is 0 Å². The minimum Gasteiger partial charge on any atom is -0.481 e. The summed E-state index contributed by atoms with van der Waals surface area (Å²) in [7, 11) is 0. The van der Waals surface area contributed by atoms with Crippen LogP contribution in [0.1, 0.15) is 19.8 Å². The van der Waals surface area contributed by atoms with Gasteiger partial charge in [-0.2, -0.15) is 0 Å².